The number of ether oxygens (including phenoxy) is 3. The van der Waals surface area contributed by atoms with Gasteiger partial charge in [-0.3, -0.25) is 14.4 Å². The highest BCUT2D eigenvalue weighted by molar-refractivity contribution is 5.71. The van der Waals surface area contributed by atoms with Gasteiger partial charge in [-0.1, -0.05) is 227 Å². The van der Waals surface area contributed by atoms with Gasteiger partial charge in [0.25, 0.3) is 0 Å². The van der Waals surface area contributed by atoms with Crippen LogP contribution in [-0.4, -0.2) is 37.2 Å². The molecule has 0 bridgehead atoms. The number of hydrogen-bond donors (Lipinski definition) is 0. The molecule has 55 heavy (non-hydrogen) atoms. The molecule has 0 rings (SSSR count). The standard InChI is InChI=1S/C49H94O6/c1-6-7-8-27-34-39-47(50)53-42-46(43-54-48(51)40-35-30-25-21-18-14-16-20-24-29-33-38-45(4)5)55-49(52)41-36-31-26-22-17-13-11-9-10-12-15-19-23-28-32-37-44(2)3/h44-46H,6-43H2,1-5H3/t46-/m0/s1. The van der Waals surface area contributed by atoms with Gasteiger partial charge < -0.3 is 14.2 Å². The highest BCUT2D eigenvalue weighted by Crippen LogP contribution is 2.17. The Morgan fingerprint density at radius 3 is 0.891 bits per heavy atom. The molecule has 0 radical (unpaired) electrons. The van der Waals surface area contributed by atoms with Crippen molar-refractivity contribution in [2.24, 2.45) is 11.8 Å². The molecule has 0 aliphatic carbocycles. The Bertz CT molecular complexity index is 839. The van der Waals surface area contributed by atoms with E-state index in [0.29, 0.717) is 19.3 Å². The fraction of sp³-hybridized carbons (Fsp3) is 0.939. The highest BCUT2D eigenvalue weighted by Gasteiger charge is 2.19. The lowest BCUT2D eigenvalue weighted by molar-refractivity contribution is -0.167. The topological polar surface area (TPSA) is 78.9 Å². The molecule has 0 fully saturated rings. The molecule has 0 spiro atoms. The Labute approximate surface area is 342 Å². The van der Waals surface area contributed by atoms with Gasteiger partial charge in [0.1, 0.15) is 13.2 Å². The summed E-state index contributed by atoms with van der Waals surface area (Å²) in [6, 6.07) is 0. The van der Waals surface area contributed by atoms with Gasteiger partial charge in [0, 0.05) is 19.3 Å². The van der Waals surface area contributed by atoms with Crippen LogP contribution in [-0.2, 0) is 28.6 Å². The first-order valence-corrected chi connectivity index (χ1v) is 24.2. The molecule has 0 saturated carbocycles. The van der Waals surface area contributed by atoms with Crippen LogP contribution in [0.3, 0.4) is 0 Å². The minimum absolute atomic E-state index is 0.0652. The fourth-order valence-electron chi connectivity index (χ4n) is 7.28. The van der Waals surface area contributed by atoms with Crippen molar-refractivity contribution in [3.8, 4) is 0 Å². The van der Waals surface area contributed by atoms with E-state index in [1.165, 1.54) is 148 Å². The van der Waals surface area contributed by atoms with Gasteiger partial charge in [-0.2, -0.15) is 0 Å². The van der Waals surface area contributed by atoms with Gasteiger partial charge in [0.15, 0.2) is 6.10 Å². The maximum atomic E-state index is 12.7. The third-order valence-corrected chi connectivity index (χ3v) is 11.0. The molecular weight excluding hydrogens is 685 g/mol. The average molecular weight is 779 g/mol. The summed E-state index contributed by atoms with van der Waals surface area (Å²) >= 11 is 0. The zero-order chi connectivity index (χ0) is 40.5. The zero-order valence-electron chi connectivity index (χ0n) is 37.6. The quantitative estimate of drug-likeness (QED) is 0.0348. The molecule has 0 aromatic heterocycles. The van der Waals surface area contributed by atoms with E-state index in [9.17, 15) is 14.4 Å². The lowest BCUT2D eigenvalue weighted by Gasteiger charge is -2.18. The molecule has 1 atom stereocenters. The smallest absolute Gasteiger partial charge is 0.306 e. The predicted octanol–water partition coefficient (Wildman–Crippen LogP) is 15.4. The first-order valence-electron chi connectivity index (χ1n) is 24.2. The first kappa shape index (κ1) is 53.4. The van der Waals surface area contributed by atoms with Crippen molar-refractivity contribution in [2.75, 3.05) is 13.2 Å². The highest BCUT2D eigenvalue weighted by atomic mass is 16.6. The number of carbonyl (C=O) groups is 3. The zero-order valence-corrected chi connectivity index (χ0v) is 37.6. The number of unbranched alkanes of at least 4 members (excludes halogenated alkanes) is 28. The molecule has 0 aromatic rings. The average Bonchev–Trinajstić information content (AvgIpc) is 3.15. The third kappa shape index (κ3) is 43.4. The Balaban J connectivity index is 4.14. The van der Waals surface area contributed by atoms with Crippen molar-refractivity contribution in [3.63, 3.8) is 0 Å². The number of rotatable bonds is 43. The summed E-state index contributed by atoms with van der Waals surface area (Å²) in [6.45, 7) is 11.3. The second-order valence-electron chi connectivity index (χ2n) is 17.7. The van der Waals surface area contributed by atoms with E-state index in [-0.39, 0.29) is 31.1 Å². The molecule has 0 heterocycles. The van der Waals surface area contributed by atoms with Gasteiger partial charge in [-0.05, 0) is 31.1 Å². The second-order valence-corrected chi connectivity index (χ2v) is 17.7. The molecule has 0 amide bonds. The molecule has 0 aliphatic rings. The van der Waals surface area contributed by atoms with E-state index in [1.807, 2.05) is 0 Å². The van der Waals surface area contributed by atoms with E-state index in [2.05, 4.69) is 34.6 Å². The summed E-state index contributed by atoms with van der Waals surface area (Å²) in [5.41, 5.74) is 0. The van der Waals surface area contributed by atoms with Crippen LogP contribution in [0.4, 0.5) is 0 Å². The number of esters is 3. The summed E-state index contributed by atoms with van der Waals surface area (Å²) < 4.78 is 16.6. The molecule has 0 N–H and O–H groups in total. The molecule has 0 aromatic carbocycles. The maximum absolute atomic E-state index is 12.7. The summed E-state index contributed by atoms with van der Waals surface area (Å²) in [5.74, 6) is 0.808. The van der Waals surface area contributed by atoms with Crippen molar-refractivity contribution in [1.82, 2.24) is 0 Å². The maximum Gasteiger partial charge on any atom is 0.306 e. The van der Waals surface area contributed by atoms with E-state index >= 15 is 0 Å². The Hall–Kier alpha value is -1.59. The molecule has 326 valence electrons. The van der Waals surface area contributed by atoms with Gasteiger partial charge in [-0.15, -0.1) is 0 Å². The van der Waals surface area contributed by atoms with Crippen LogP contribution in [0.1, 0.15) is 266 Å². The largest absolute Gasteiger partial charge is 0.462 e. The van der Waals surface area contributed by atoms with Gasteiger partial charge >= 0.3 is 17.9 Å². The van der Waals surface area contributed by atoms with E-state index in [4.69, 9.17) is 14.2 Å². The van der Waals surface area contributed by atoms with Crippen LogP contribution in [0.15, 0.2) is 0 Å². The van der Waals surface area contributed by atoms with Gasteiger partial charge in [0.2, 0.25) is 0 Å². The lowest BCUT2D eigenvalue weighted by atomic mass is 10.0. The van der Waals surface area contributed by atoms with Crippen LogP contribution in [0, 0.1) is 11.8 Å². The monoisotopic (exact) mass is 779 g/mol. The second kappa shape index (κ2) is 42.0. The summed E-state index contributed by atoms with van der Waals surface area (Å²) in [4.78, 5) is 37.6. The molecule has 0 saturated heterocycles. The Morgan fingerprint density at radius 2 is 0.600 bits per heavy atom. The fourth-order valence-corrected chi connectivity index (χ4v) is 7.28. The summed E-state index contributed by atoms with van der Waals surface area (Å²) in [7, 11) is 0. The van der Waals surface area contributed by atoms with Gasteiger partial charge in [0.05, 0.1) is 0 Å². The van der Waals surface area contributed by atoms with Crippen LogP contribution in [0.25, 0.3) is 0 Å². The van der Waals surface area contributed by atoms with Crippen LogP contribution < -0.4 is 0 Å². The van der Waals surface area contributed by atoms with E-state index < -0.39 is 6.10 Å². The third-order valence-electron chi connectivity index (χ3n) is 11.0. The van der Waals surface area contributed by atoms with Crippen molar-refractivity contribution in [2.45, 2.75) is 272 Å². The predicted molar refractivity (Wildman–Crippen MR) is 233 cm³/mol. The molecule has 6 nitrogen and oxygen atoms in total. The minimum Gasteiger partial charge on any atom is -0.462 e. The lowest BCUT2D eigenvalue weighted by Crippen LogP contribution is -2.30. The van der Waals surface area contributed by atoms with Crippen molar-refractivity contribution < 1.29 is 28.6 Å². The summed E-state index contributed by atoms with van der Waals surface area (Å²) in [5, 5.41) is 0. The van der Waals surface area contributed by atoms with Crippen LogP contribution in [0.5, 0.6) is 0 Å². The van der Waals surface area contributed by atoms with E-state index in [1.54, 1.807) is 0 Å². The van der Waals surface area contributed by atoms with Gasteiger partial charge in [-0.25, -0.2) is 0 Å². The Morgan fingerprint density at radius 1 is 0.345 bits per heavy atom. The normalized spacial score (nSPS) is 12.1. The number of carbonyl (C=O) groups excluding carboxylic acids is 3. The van der Waals surface area contributed by atoms with Crippen molar-refractivity contribution >= 4 is 17.9 Å². The molecular formula is C49H94O6. The van der Waals surface area contributed by atoms with E-state index in [0.717, 1.165) is 76.0 Å². The molecule has 0 unspecified atom stereocenters. The molecule has 6 heteroatoms. The van der Waals surface area contributed by atoms with Crippen LogP contribution >= 0.6 is 0 Å². The SMILES string of the molecule is CCCCCCCC(=O)OC[C@@H](COC(=O)CCCCCCCCCCCCCC(C)C)OC(=O)CCCCCCCCCCCCCCCCCC(C)C. The minimum atomic E-state index is -0.759. The first-order chi connectivity index (χ1) is 26.7. The van der Waals surface area contributed by atoms with Crippen molar-refractivity contribution in [3.05, 3.63) is 0 Å². The summed E-state index contributed by atoms with van der Waals surface area (Å²) in [6.07, 6.45) is 41.2. The number of hydrogen-bond acceptors (Lipinski definition) is 6. The Kier molecular flexibility index (Phi) is 40.8. The van der Waals surface area contributed by atoms with Crippen molar-refractivity contribution in [1.29, 1.82) is 0 Å². The molecule has 0 aliphatic heterocycles. The van der Waals surface area contributed by atoms with Crippen LogP contribution in [0.2, 0.25) is 0 Å².